The van der Waals surface area contributed by atoms with Gasteiger partial charge in [0.1, 0.15) is 11.4 Å². The molecule has 0 bridgehead atoms. The van der Waals surface area contributed by atoms with Crippen molar-refractivity contribution >= 4 is 28.8 Å². The number of amides is 2. The Balaban J connectivity index is 1.14. The van der Waals surface area contributed by atoms with Crippen LogP contribution in [0.4, 0.5) is 0 Å². The van der Waals surface area contributed by atoms with Gasteiger partial charge in [-0.25, -0.2) is 9.50 Å². The van der Waals surface area contributed by atoms with Crippen LogP contribution in [0.25, 0.3) is 5.65 Å². The van der Waals surface area contributed by atoms with E-state index in [0.717, 1.165) is 34.9 Å². The number of para-hydroxylation sites is 1. The van der Waals surface area contributed by atoms with E-state index < -0.39 is 0 Å². The Bertz CT molecular complexity index is 1460. The van der Waals surface area contributed by atoms with Crippen LogP contribution in [0.3, 0.4) is 0 Å². The fourth-order valence-electron chi connectivity index (χ4n) is 4.74. The number of hydrogen-bond donors (Lipinski definition) is 1. The van der Waals surface area contributed by atoms with Crippen molar-refractivity contribution in [1.82, 2.24) is 35.0 Å². The Morgan fingerprint density at radius 1 is 1.16 bits per heavy atom. The van der Waals surface area contributed by atoms with E-state index in [1.165, 1.54) is 11.3 Å². The molecule has 5 rings (SSSR count). The summed E-state index contributed by atoms with van der Waals surface area (Å²) in [4.78, 5) is 32.3. The van der Waals surface area contributed by atoms with Crippen LogP contribution in [0, 0.1) is 13.8 Å². The third-order valence-electron chi connectivity index (χ3n) is 6.77. The summed E-state index contributed by atoms with van der Waals surface area (Å²) in [6, 6.07) is 9.71. The predicted octanol–water partition coefficient (Wildman–Crippen LogP) is 3.59. The van der Waals surface area contributed by atoms with E-state index in [0.29, 0.717) is 55.4 Å². The van der Waals surface area contributed by atoms with Crippen molar-refractivity contribution in [2.24, 2.45) is 0 Å². The quantitative estimate of drug-likeness (QED) is 0.368. The smallest absolute Gasteiger partial charge is 0.276 e. The van der Waals surface area contributed by atoms with Gasteiger partial charge in [-0.1, -0.05) is 18.2 Å². The summed E-state index contributed by atoms with van der Waals surface area (Å²) in [5.74, 6) is 0.761. The molecule has 4 aromatic rings. The first-order valence-corrected chi connectivity index (χ1v) is 13.8. The number of thiazole rings is 1. The molecule has 0 radical (unpaired) electrons. The van der Waals surface area contributed by atoms with Crippen LogP contribution in [-0.2, 0) is 6.42 Å². The Kier molecular flexibility index (Phi) is 7.64. The van der Waals surface area contributed by atoms with Gasteiger partial charge in [0.25, 0.3) is 11.8 Å². The van der Waals surface area contributed by atoms with E-state index in [1.807, 2.05) is 61.4 Å². The second-order valence-electron chi connectivity index (χ2n) is 9.37. The number of nitrogens with zero attached hydrogens (tertiary/aromatic N) is 6. The first-order valence-electron chi connectivity index (χ1n) is 12.9. The van der Waals surface area contributed by atoms with Gasteiger partial charge in [0.05, 0.1) is 23.0 Å². The molecule has 4 heterocycles. The molecule has 38 heavy (non-hydrogen) atoms. The Labute approximate surface area is 225 Å². The van der Waals surface area contributed by atoms with Gasteiger partial charge in [-0.15, -0.1) is 21.5 Å². The number of aryl methyl sites for hydroxylation is 2. The lowest BCUT2D eigenvalue weighted by atomic mass is 9.97. The highest BCUT2D eigenvalue weighted by atomic mass is 32.1. The molecule has 1 aliphatic heterocycles. The number of piperidine rings is 1. The molecule has 3 aromatic heterocycles. The maximum absolute atomic E-state index is 13.2. The van der Waals surface area contributed by atoms with Crippen molar-refractivity contribution in [1.29, 1.82) is 0 Å². The number of rotatable bonds is 8. The molecule has 198 valence electrons. The zero-order chi connectivity index (χ0) is 26.6. The molecule has 0 atom stereocenters. The van der Waals surface area contributed by atoms with Gasteiger partial charge >= 0.3 is 0 Å². The van der Waals surface area contributed by atoms with Crippen LogP contribution in [0.2, 0.25) is 0 Å². The van der Waals surface area contributed by atoms with Crippen molar-refractivity contribution in [3.63, 3.8) is 0 Å². The Hall–Kier alpha value is -3.86. The number of hydrogen-bond acceptors (Lipinski definition) is 8. The van der Waals surface area contributed by atoms with Gasteiger partial charge in [-0.05, 0) is 51.7 Å². The number of carbonyl (C=O) groups excluding carboxylic acids is 2. The molecule has 0 saturated carbocycles. The number of nitrogens with one attached hydrogen (secondary N) is 1. The summed E-state index contributed by atoms with van der Waals surface area (Å²) in [5.41, 5.74) is 3.99. The summed E-state index contributed by atoms with van der Waals surface area (Å²) < 4.78 is 7.33. The third-order valence-corrected chi connectivity index (χ3v) is 7.77. The number of carbonyl (C=O) groups is 2. The lowest BCUT2D eigenvalue weighted by Gasteiger charge is -2.31. The summed E-state index contributed by atoms with van der Waals surface area (Å²) in [6.45, 7) is 7.99. The van der Waals surface area contributed by atoms with Crippen molar-refractivity contribution in [3.05, 3.63) is 69.1 Å². The van der Waals surface area contributed by atoms with Crippen molar-refractivity contribution in [2.45, 2.75) is 46.0 Å². The van der Waals surface area contributed by atoms with Crippen molar-refractivity contribution < 1.29 is 14.3 Å². The summed E-state index contributed by atoms with van der Waals surface area (Å²) in [7, 11) is 0. The van der Waals surface area contributed by atoms with E-state index in [4.69, 9.17) is 4.74 Å². The molecule has 10 nitrogen and oxygen atoms in total. The molecule has 1 N–H and O–H groups in total. The van der Waals surface area contributed by atoms with E-state index in [2.05, 4.69) is 25.6 Å². The monoisotopic (exact) mass is 533 g/mol. The SMILES string of the molecule is CCOc1ccccc1CCNC(=O)c1csc(C2CCN(C(=O)c3nnc4cc(C)nn4c3C)CC2)n1. The average Bonchev–Trinajstić information content (AvgIpc) is 3.57. The van der Waals surface area contributed by atoms with Gasteiger partial charge in [0, 0.05) is 37.0 Å². The standard InChI is InChI=1S/C27H31N7O3S/c1-4-37-22-8-6-5-7-19(22)9-12-28-25(35)21-16-38-26(29-21)20-10-13-33(14-11-20)27(36)24-18(3)34-23(30-31-24)15-17(2)32-34/h5-8,15-16,20H,4,9-14H2,1-3H3,(H,28,35). The minimum Gasteiger partial charge on any atom is -0.494 e. The average molecular weight is 534 g/mol. The maximum Gasteiger partial charge on any atom is 0.276 e. The molecule has 2 amide bonds. The number of benzene rings is 1. The fraction of sp³-hybridized carbons (Fsp3) is 0.407. The molecule has 1 aliphatic rings. The highest BCUT2D eigenvalue weighted by molar-refractivity contribution is 7.09. The molecule has 0 spiro atoms. The van der Waals surface area contributed by atoms with Gasteiger partial charge in [0.15, 0.2) is 11.3 Å². The number of fused-ring (bicyclic) bond motifs is 1. The molecule has 11 heteroatoms. The molecular weight excluding hydrogens is 502 g/mol. The van der Waals surface area contributed by atoms with E-state index in [1.54, 1.807) is 4.52 Å². The summed E-state index contributed by atoms with van der Waals surface area (Å²) >= 11 is 1.51. The van der Waals surface area contributed by atoms with Crippen LogP contribution >= 0.6 is 11.3 Å². The van der Waals surface area contributed by atoms with Gasteiger partial charge in [-0.2, -0.15) is 5.10 Å². The van der Waals surface area contributed by atoms with Crippen molar-refractivity contribution in [2.75, 3.05) is 26.2 Å². The fourth-order valence-corrected chi connectivity index (χ4v) is 5.71. The lowest BCUT2D eigenvalue weighted by Crippen LogP contribution is -2.39. The molecule has 1 fully saturated rings. The lowest BCUT2D eigenvalue weighted by molar-refractivity contribution is 0.0704. The number of likely N-dealkylation sites (tertiary alicyclic amines) is 1. The van der Waals surface area contributed by atoms with E-state index in [9.17, 15) is 9.59 Å². The largest absolute Gasteiger partial charge is 0.494 e. The minimum atomic E-state index is -0.174. The first kappa shape index (κ1) is 25.8. The van der Waals surface area contributed by atoms with Crippen LogP contribution in [0.1, 0.15) is 68.6 Å². The highest BCUT2D eigenvalue weighted by Crippen LogP contribution is 2.31. The second kappa shape index (κ2) is 11.3. The highest BCUT2D eigenvalue weighted by Gasteiger charge is 2.29. The maximum atomic E-state index is 13.2. The second-order valence-corrected chi connectivity index (χ2v) is 10.3. The van der Waals surface area contributed by atoms with Gasteiger partial charge in [-0.3, -0.25) is 9.59 Å². The van der Waals surface area contributed by atoms with Crippen LogP contribution in [0.5, 0.6) is 5.75 Å². The topological polar surface area (TPSA) is 115 Å². The zero-order valence-electron chi connectivity index (χ0n) is 21.8. The molecule has 0 unspecified atom stereocenters. The third kappa shape index (κ3) is 5.38. The van der Waals surface area contributed by atoms with Crippen LogP contribution in [0.15, 0.2) is 35.7 Å². The van der Waals surface area contributed by atoms with Gasteiger partial charge < -0.3 is 15.0 Å². The first-order chi connectivity index (χ1) is 18.4. The van der Waals surface area contributed by atoms with E-state index in [-0.39, 0.29) is 17.7 Å². The molecule has 1 aromatic carbocycles. The normalized spacial score (nSPS) is 14.1. The van der Waals surface area contributed by atoms with Crippen LogP contribution < -0.4 is 10.1 Å². The molecule has 0 aliphatic carbocycles. The zero-order valence-corrected chi connectivity index (χ0v) is 22.6. The Morgan fingerprint density at radius 3 is 2.74 bits per heavy atom. The number of ether oxygens (including phenoxy) is 1. The van der Waals surface area contributed by atoms with Gasteiger partial charge in [0.2, 0.25) is 0 Å². The minimum absolute atomic E-state index is 0.131. The summed E-state index contributed by atoms with van der Waals surface area (Å²) in [6.07, 6.45) is 2.25. The number of aromatic nitrogens is 5. The molecular formula is C27H31N7O3S. The van der Waals surface area contributed by atoms with E-state index >= 15 is 0 Å². The Morgan fingerprint density at radius 2 is 1.95 bits per heavy atom. The molecule has 1 saturated heterocycles. The van der Waals surface area contributed by atoms with Crippen molar-refractivity contribution in [3.8, 4) is 5.75 Å². The predicted molar refractivity (Wildman–Crippen MR) is 144 cm³/mol. The summed E-state index contributed by atoms with van der Waals surface area (Å²) in [5, 5.41) is 18.5. The van der Waals surface area contributed by atoms with Crippen LogP contribution in [-0.4, -0.2) is 67.8 Å².